The van der Waals surface area contributed by atoms with Gasteiger partial charge in [-0.15, -0.1) is 22.7 Å². The van der Waals surface area contributed by atoms with Crippen LogP contribution in [0, 0.1) is 0 Å². The molecule has 0 atom stereocenters. The SMILES string of the molecule is O=S(=O)(NCC(O)(c1cccs1)c1cccs1)c1ccc(-n2cccn2)cc1. The van der Waals surface area contributed by atoms with Gasteiger partial charge in [0.25, 0.3) is 0 Å². The predicted octanol–water partition coefficient (Wildman–Crippen LogP) is 3.21. The molecule has 1 aromatic carbocycles. The van der Waals surface area contributed by atoms with Crippen molar-refractivity contribution in [1.29, 1.82) is 0 Å². The first kappa shape index (κ1) is 19.0. The van der Waals surface area contributed by atoms with Gasteiger partial charge in [0.2, 0.25) is 10.0 Å². The lowest BCUT2D eigenvalue weighted by Crippen LogP contribution is -2.40. The quantitative estimate of drug-likeness (QED) is 0.471. The molecule has 0 aliphatic carbocycles. The van der Waals surface area contributed by atoms with Crippen LogP contribution in [0.1, 0.15) is 9.75 Å². The lowest BCUT2D eigenvalue weighted by atomic mass is 10.0. The number of nitrogens with one attached hydrogen (secondary N) is 1. The monoisotopic (exact) mass is 431 g/mol. The van der Waals surface area contributed by atoms with E-state index in [9.17, 15) is 13.5 Å². The Morgan fingerprint density at radius 2 is 1.64 bits per heavy atom. The summed E-state index contributed by atoms with van der Waals surface area (Å²) in [6.45, 7) is -0.155. The third kappa shape index (κ3) is 3.67. The first-order valence-electron chi connectivity index (χ1n) is 8.39. The minimum absolute atomic E-state index is 0.128. The van der Waals surface area contributed by atoms with Gasteiger partial charge in [0, 0.05) is 28.7 Å². The number of rotatable bonds is 7. The summed E-state index contributed by atoms with van der Waals surface area (Å²) in [5, 5.41) is 19.1. The zero-order valence-corrected chi connectivity index (χ0v) is 17.0. The Morgan fingerprint density at radius 3 is 2.14 bits per heavy atom. The van der Waals surface area contributed by atoms with Gasteiger partial charge in [0.1, 0.15) is 5.60 Å². The van der Waals surface area contributed by atoms with Crippen molar-refractivity contribution in [3.8, 4) is 5.69 Å². The molecule has 0 unspecified atom stereocenters. The second kappa shape index (κ2) is 7.61. The van der Waals surface area contributed by atoms with Gasteiger partial charge < -0.3 is 5.11 Å². The molecule has 0 bridgehead atoms. The molecule has 3 aromatic heterocycles. The van der Waals surface area contributed by atoms with Crippen molar-refractivity contribution in [3.63, 3.8) is 0 Å². The molecule has 3 heterocycles. The maximum atomic E-state index is 12.8. The van der Waals surface area contributed by atoms with Crippen molar-refractivity contribution in [2.24, 2.45) is 0 Å². The maximum Gasteiger partial charge on any atom is 0.240 e. The fourth-order valence-electron chi connectivity index (χ4n) is 2.81. The summed E-state index contributed by atoms with van der Waals surface area (Å²) in [6, 6.07) is 15.5. The van der Waals surface area contributed by atoms with E-state index in [1.54, 1.807) is 47.4 Å². The van der Waals surface area contributed by atoms with E-state index in [1.165, 1.54) is 34.8 Å². The van der Waals surface area contributed by atoms with Crippen LogP contribution in [0.25, 0.3) is 5.69 Å². The third-order valence-corrected chi connectivity index (χ3v) is 7.75. The molecule has 0 saturated heterocycles. The molecule has 0 fully saturated rings. The number of hydrogen-bond acceptors (Lipinski definition) is 6. The van der Waals surface area contributed by atoms with Crippen LogP contribution in [0.4, 0.5) is 0 Å². The Hall–Kier alpha value is -2.30. The number of sulfonamides is 1. The highest BCUT2D eigenvalue weighted by Crippen LogP contribution is 2.35. The molecule has 28 heavy (non-hydrogen) atoms. The standard InChI is InChI=1S/C19H17N3O3S3/c23-19(17-4-1-12-26-17,18-5-2-13-27-18)14-21-28(24,25)16-8-6-15(7-9-16)22-11-3-10-20-22/h1-13,21,23H,14H2. The molecule has 0 radical (unpaired) electrons. The van der Waals surface area contributed by atoms with Crippen molar-refractivity contribution < 1.29 is 13.5 Å². The molecule has 0 amide bonds. The van der Waals surface area contributed by atoms with E-state index in [2.05, 4.69) is 9.82 Å². The molecule has 4 aromatic rings. The van der Waals surface area contributed by atoms with Crippen LogP contribution in [-0.4, -0.2) is 29.8 Å². The fraction of sp³-hybridized carbons (Fsp3) is 0.105. The number of aromatic nitrogens is 2. The van der Waals surface area contributed by atoms with Crippen LogP contribution in [0.15, 0.2) is 82.6 Å². The van der Waals surface area contributed by atoms with Crippen LogP contribution in [0.3, 0.4) is 0 Å². The Labute approximate surface area is 170 Å². The van der Waals surface area contributed by atoms with Crippen molar-refractivity contribution in [3.05, 3.63) is 87.5 Å². The number of benzene rings is 1. The van der Waals surface area contributed by atoms with Gasteiger partial charge in [-0.05, 0) is 53.2 Å². The maximum absolute atomic E-state index is 12.8. The highest BCUT2D eigenvalue weighted by molar-refractivity contribution is 7.89. The zero-order valence-electron chi connectivity index (χ0n) is 14.6. The van der Waals surface area contributed by atoms with Crippen molar-refractivity contribution in [2.45, 2.75) is 10.5 Å². The van der Waals surface area contributed by atoms with Crippen LogP contribution in [0.2, 0.25) is 0 Å². The highest BCUT2D eigenvalue weighted by atomic mass is 32.2. The summed E-state index contributed by atoms with van der Waals surface area (Å²) in [5.41, 5.74) is -0.651. The minimum Gasteiger partial charge on any atom is -0.377 e. The first-order valence-corrected chi connectivity index (χ1v) is 11.6. The molecular formula is C19H17N3O3S3. The van der Waals surface area contributed by atoms with Crippen LogP contribution in [0.5, 0.6) is 0 Å². The summed E-state index contributed by atoms with van der Waals surface area (Å²) < 4.78 is 29.8. The zero-order chi connectivity index (χ0) is 19.6. The van der Waals surface area contributed by atoms with Crippen LogP contribution >= 0.6 is 22.7 Å². The van der Waals surface area contributed by atoms with Gasteiger partial charge in [-0.2, -0.15) is 5.10 Å². The number of hydrogen-bond donors (Lipinski definition) is 2. The predicted molar refractivity (Wildman–Crippen MR) is 110 cm³/mol. The van der Waals surface area contributed by atoms with Crippen molar-refractivity contribution in [2.75, 3.05) is 6.54 Å². The Bertz CT molecular complexity index is 1080. The van der Waals surface area contributed by atoms with E-state index in [4.69, 9.17) is 0 Å². The lowest BCUT2D eigenvalue weighted by molar-refractivity contribution is 0.0937. The largest absolute Gasteiger partial charge is 0.377 e. The normalized spacial score (nSPS) is 12.3. The van der Waals surface area contributed by atoms with Gasteiger partial charge in [-0.3, -0.25) is 0 Å². The molecule has 0 spiro atoms. The molecule has 2 N–H and O–H groups in total. The average Bonchev–Trinajstić information content (AvgIpc) is 3.49. The average molecular weight is 432 g/mol. The first-order chi connectivity index (χ1) is 13.5. The van der Waals surface area contributed by atoms with E-state index in [-0.39, 0.29) is 11.4 Å². The molecule has 0 aliphatic heterocycles. The van der Waals surface area contributed by atoms with Gasteiger partial charge in [0.15, 0.2) is 0 Å². The molecule has 0 saturated carbocycles. The Balaban J connectivity index is 1.57. The summed E-state index contributed by atoms with van der Waals surface area (Å²) in [6.07, 6.45) is 3.44. The van der Waals surface area contributed by atoms with Crippen molar-refractivity contribution in [1.82, 2.24) is 14.5 Å². The Morgan fingerprint density at radius 1 is 1.00 bits per heavy atom. The van der Waals surface area contributed by atoms with Gasteiger partial charge in [-0.1, -0.05) is 12.1 Å². The van der Waals surface area contributed by atoms with E-state index in [0.717, 1.165) is 5.69 Å². The smallest absolute Gasteiger partial charge is 0.240 e. The third-order valence-electron chi connectivity index (χ3n) is 4.29. The molecule has 9 heteroatoms. The number of aliphatic hydroxyl groups is 1. The molecule has 144 valence electrons. The number of nitrogens with zero attached hydrogens (tertiary/aromatic N) is 2. The van der Waals surface area contributed by atoms with Gasteiger partial charge in [-0.25, -0.2) is 17.8 Å². The topological polar surface area (TPSA) is 84.2 Å². The van der Waals surface area contributed by atoms with E-state index < -0.39 is 15.6 Å². The molecular weight excluding hydrogens is 414 g/mol. The van der Waals surface area contributed by atoms with Gasteiger partial charge >= 0.3 is 0 Å². The molecule has 0 aliphatic rings. The number of thiophene rings is 2. The molecule has 4 rings (SSSR count). The summed E-state index contributed by atoms with van der Waals surface area (Å²) in [4.78, 5) is 1.50. The highest BCUT2D eigenvalue weighted by Gasteiger charge is 2.35. The van der Waals surface area contributed by atoms with Crippen LogP contribution in [-0.2, 0) is 15.6 Å². The fourth-order valence-corrected chi connectivity index (χ4v) is 5.61. The molecule has 6 nitrogen and oxygen atoms in total. The van der Waals surface area contributed by atoms with E-state index in [1.807, 2.05) is 22.9 Å². The second-order valence-corrected chi connectivity index (χ2v) is 9.75. The summed E-state index contributed by atoms with van der Waals surface area (Å²) in [7, 11) is -3.79. The minimum atomic E-state index is -3.79. The summed E-state index contributed by atoms with van der Waals surface area (Å²) >= 11 is 2.77. The van der Waals surface area contributed by atoms with Gasteiger partial charge in [0.05, 0.1) is 10.6 Å². The Kier molecular flexibility index (Phi) is 5.17. The van der Waals surface area contributed by atoms with E-state index >= 15 is 0 Å². The lowest BCUT2D eigenvalue weighted by Gasteiger charge is -2.26. The van der Waals surface area contributed by atoms with E-state index in [0.29, 0.717) is 9.75 Å². The summed E-state index contributed by atoms with van der Waals surface area (Å²) in [5.74, 6) is 0. The van der Waals surface area contributed by atoms with Crippen molar-refractivity contribution >= 4 is 32.7 Å². The second-order valence-electron chi connectivity index (χ2n) is 6.08. The van der Waals surface area contributed by atoms with Crippen LogP contribution < -0.4 is 4.72 Å².